The molecule has 2 aromatic carbocycles. The smallest absolute Gasteiger partial charge is 0.258 e. The van der Waals surface area contributed by atoms with Gasteiger partial charge in [0.2, 0.25) is 5.82 Å². The van der Waals surface area contributed by atoms with E-state index < -0.39 is 0 Å². The molecule has 26 heavy (non-hydrogen) atoms. The summed E-state index contributed by atoms with van der Waals surface area (Å²) < 4.78 is 13.2. The lowest BCUT2D eigenvalue weighted by molar-refractivity contribution is 0.413. The second-order valence-corrected chi connectivity index (χ2v) is 6.67. The average molecular weight is 347 g/mol. The minimum Gasteiger partial charge on any atom is -0.496 e. The molecule has 0 radical (unpaired) electrons. The summed E-state index contributed by atoms with van der Waals surface area (Å²) in [4.78, 5) is 4.60. The Bertz CT molecular complexity index is 1080. The molecule has 2 heterocycles. The molecule has 5 heteroatoms. The first-order chi connectivity index (χ1) is 12.6. The molecule has 132 valence electrons. The van der Waals surface area contributed by atoms with Crippen molar-refractivity contribution in [2.45, 2.75) is 26.8 Å². The molecule has 0 fully saturated rings. The lowest BCUT2D eigenvalue weighted by Crippen LogP contribution is -1.97. The van der Waals surface area contributed by atoms with E-state index in [2.05, 4.69) is 53.0 Å². The standard InChI is InChI=1S/C21H21N3O2/c1-13(2)24-11-10-15-12-16(8-9-17(15)24)21-22-20(23-26-21)19-14(3)6-5-7-18(19)25-4/h5-13H,1-4H3. The minimum absolute atomic E-state index is 0.418. The molecule has 0 amide bonds. The average Bonchev–Trinajstić information content (AvgIpc) is 3.27. The summed E-state index contributed by atoms with van der Waals surface area (Å²) in [6, 6.07) is 14.6. The molecule has 0 spiro atoms. The summed E-state index contributed by atoms with van der Waals surface area (Å²) in [5.41, 5.74) is 4.01. The second-order valence-electron chi connectivity index (χ2n) is 6.67. The van der Waals surface area contributed by atoms with E-state index in [0.717, 1.165) is 27.8 Å². The molecule has 0 aliphatic carbocycles. The van der Waals surface area contributed by atoms with E-state index in [4.69, 9.17) is 9.26 Å². The first-order valence-corrected chi connectivity index (χ1v) is 8.67. The summed E-state index contributed by atoms with van der Waals surface area (Å²) in [5.74, 6) is 1.78. The van der Waals surface area contributed by atoms with Gasteiger partial charge in [0.05, 0.1) is 12.7 Å². The number of hydrogen-bond donors (Lipinski definition) is 0. The summed E-state index contributed by atoms with van der Waals surface area (Å²) in [6.45, 7) is 6.36. The maximum atomic E-state index is 5.54. The minimum atomic E-state index is 0.418. The SMILES string of the molecule is COc1cccc(C)c1-c1noc(-c2ccc3c(ccn3C(C)C)c2)n1. The van der Waals surface area contributed by atoms with Gasteiger partial charge in [-0.25, -0.2) is 0 Å². The van der Waals surface area contributed by atoms with Crippen LogP contribution in [0.4, 0.5) is 0 Å². The second kappa shape index (κ2) is 6.33. The fraction of sp³-hybridized carbons (Fsp3) is 0.238. The number of benzene rings is 2. The molecule has 0 aliphatic rings. The quantitative estimate of drug-likeness (QED) is 0.505. The first kappa shape index (κ1) is 16.4. The molecular formula is C21H21N3O2. The zero-order valence-electron chi connectivity index (χ0n) is 15.4. The van der Waals surface area contributed by atoms with E-state index >= 15 is 0 Å². The van der Waals surface area contributed by atoms with Crippen molar-refractivity contribution in [3.05, 3.63) is 54.2 Å². The molecule has 2 aromatic heterocycles. The highest BCUT2D eigenvalue weighted by molar-refractivity contribution is 5.84. The zero-order chi connectivity index (χ0) is 18.3. The molecule has 0 aliphatic heterocycles. The summed E-state index contributed by atoms with van der Waals surface area (Å²) in [7, 11) is 1.65. The molecule has 4 rings (SSSR count). The number of nitrogens with zero attached hydrogens (tertiary/aromatic N) is 3. The van der Waals surface area contributed by atoms with Crippen LogP contribution >= 0.6 is 0 Å². The lowest BCUT2D eigenvalue weighted by atomic mass is 10.1. The van der Waals surface area contributed by atoms with Crippen molar-refractivity contribution in [2.24, 2.45) is 0 Å². The van der Waals surface area contributed by atoms with Crippen LogP contribution in [0.5, 0.6) is 5.75 Å². The van der Waals surface area contributed by atoms with E-state index in [9.17, 15) is 0 Å². The predicted molar refractivity (Wildman–Crippen MR) is 102 cm³/mol. The van der Waals surface area contributed by atoms with Gasteiger partial charge < -0.3 is 13.8 Å². The van der Waals surface area contributed by atoms with Gasteiger partial charge in [0, 0.05) is 28.7 Å². The molecule has 0 bridgehead atoms. The molecule has 0 atom stereocenters. The van der Waals surface area contributed by atoms with Gasteiger partial charge >= 0.3 is 0 Å². The lowest BCUT2D eigenvalue weighted by Gasteiger charge is -2.09. The molecule has 0 N–H and O–H groups in total. The van der Waals surface area contributed by atoms with E-state index in [1.165, 1.54) is 5.52 Å². The maximum Gasteiger partial charge on any atom is 0.258 e. The van der Waals surface area contributed by atoms with E-state index in [0.29, 0.717) is 17.8 Å². The summed E-state index contributed by atoms with van der Waals surface area (Å²) >= 11 is 0. The van der Waals surface area contributed by atoms with Crippen molar-refractivity contribution in [1.82, 2.24) is 14.7 Å². The van der Waals surface area contributed by atoms with Crippen molar-refractivity contribution in [3.8, 4) is 28.6 Å². The zero-order valence-corrected chi connectivity index (χ0v) is 15.4. The molecular weight excluding hydrogens is 326 g/mol. The third kappa shape index (κ3) is 2.65. The summed E-state index contributed by atoms with van der Waals surface area (Å²) in [6.07, 6.45) is 2.11. The first-order valence-electron chi connectivity index (χ1n) is 8.67. The Morgan fingerprint density at radius 2 is 1.96 bits per heavy atom. The highest BCUT2D eigenvalue weighted by atomic mass is 16.5. The van der Waals surface area contributed by atoms with Crippen LogP contribution in [0.15, 0.2) is 53.2 Å². The number of hydrogen-bond acceptors (Lipinski definition) is 4. The Labute approximate surface area is 152 Å². The molecule has 0 unspecified atom stereocenters. The van der Waals surface area contributed by atoms with Crippen LogP contribution in [0.3, 0.4) is 0 Å². The van der Waals surface area contributed by atoms with Gasteiger partial charge in [0.25, 0.3) is 5.89 Å². The highest BCUT2D eigenvalue weighted by Crippen LogP contribution is 2.33. The fourth-order valence-electron chi connectivity index (χ4n) is 3.29. The van der Waals surface area contributed by atoms with Crippen LogP contribution in [0.1, 0.15) is 25.5 Å². The van der Waals surface area contributed by atoms with Gasteiger partial charge in [-0.15, -0.1) is 0 Å². The highest BCUT2D eigenvalue weighted by Gasteiger charge is 2.17. The van der Waals surface area contributed by atoms with Crippen molar-refractivity contribution in [1.29, 1.82) is 0 Å². The predicted octanol–water partition coefficient (Wildman–Crippen LogP) is 5.26. The monoisotopic (exact) mass is 347 g/mol. The van der Waals surface area contributed by atoms with E-state index in [1.807, 2.05) is 31.2 Å². The van der Waals surface area contributed by atoms with Crippen molar-refractivity contribution >= 4 is 10.9 Å². The number of aromatic nitrogens is 3. The van der Waals surface area contributed by atoms with Crippen LogP contribution in [-0.4, -0.2) is 21.8 Å². The van der Waals surface area contributed by atoms with E-state index in [-0.39, 0.29) is 0 Å². The Morgan fingerprint density at radius 3 is 2.73 bits per heavy atom. The van der Waals surface area contributed by atoms with Crippen LogP contribution < -0.4 is 4.74 Å². The number of aryl methyl sites for hydroxylation is 1. The van der Waals surface area contributed by atoms with Crippen LogP contribution in [-0.2, 0) is 0 Å². The Morgan fingerprint density at radius 1 is 1.12 bits per heavy atom. The molecule has 0 saturated carbocycles. The van der Waals surface area contributed by atoms with Gasteiger partial charge in [0.15, 0.2) is 0 Å². The van der Waals surface area contributed by atoms with Gasteiger partial charge in [-0.1, -0.05) is 17.3 Å². The largest absolute Gasteiger partial charge is 0.496 e. The fourth-order valence-corrected chi connectivity index (χ4v) is 3.29. The van der Waals surface area contributed by atoms with Crippen molar-refractivity contribution < 1.29 is 9.26 Å². The maximum absolute atomic E-state index is 5.54. The number of methoxy groups -OCH3 is 1. The van der Waals surface area contributed by atoms with Crippen LogP contribution in [0.25, 0.3) is 33.7 Å². The third-order valence-corrected chi connectivity index (χ3v) is 4.63. The Balaban J connectivity index is 1.76. The van der Waals surface area contributed by atoms with Gasteiger partial charge in [-0.05, 0) is 56.7 Å². The topological polar surface area (TPSA) is 53.1 Å². The molecule has 4 aromatic rings. The van der Waals surface area contributed by atoms with Crippen LogP contribution in [0, 0.1) is 6.92 Å². The van der Waals surface area contributed by atoms with Gasteiger partial charge in [-0.3, -0.25) is 0 Å². The Kier molecular flexibility index (Phi) is 3.99. The van der Waals surface area contributed by atoms with Gasteiger partial charge in [-0.2, -0.15) is 4.98 Å². The van der Waals surface area contributed by atoms with Crippen molar-refractivity contribution in [2.75, 3.05) is 7.11 Å². The number of rotatable bonds is 4. The normalized spacial score (nSPS) is 11.4. The summed E-state index contributed by atoms with van der Waals surface area (Å²) in [5, 5.41) is 5.33. The van der Waals surface area contributed by atoms with E-state index in [1.54, 1.807) is 7.11 Å². The Hall–Kier alpha value is -3.08. The molecule has 5 nitrogen and oxygen atoms in total. The van der Waals surface area contributed by atoms with Crippen molar-refractivity contribution in [3.63, 3.8) is 0 Å². The van der Waals surface area contributed by atoms with Gasteiger partial charge in [0.1, 0.15) is 5.75 Å². The molecule has 0 saturated heterocycles. The third-order valence-electron chi connectivity index (χ3n) is 4.63. The number of fused-ring (bicyclic) bond motifs is 1. The van der Waals surface area contributed by atoms with Crippen LogP contribution in [0.2, 0.25) is 0 Å². The number of ether oxygens (including phenoxy) is 1.